The Balaban J connectivity index is 1.70. The van der Waals surface area contributed by atoms with E-state index in [4.69, 9.17) is 25.8 Å². The van der Waals surface area contributed by atoms with Crippen molar-refractivity contribution in [2.24, 2.45) is 0 Å². The highest BCUT2D eigenvalue weighted by atomic mass is 35.5. The van der Waals surface area contributed by atoms with E-state index in [1.165, 1.54) is 0 Å². The maximum atomic E-state index is 12.6. The van der Waals surface area contributed by atoms with Crippen LogP contribution in [-0.2, 0) is 17.9 Å². The molecule has 6 heteroatoms. The summed E-state index contributed by atoms with van der Waals surface area (Å²) in [6.07, 6.45) is 0.929. The van der Waals surface area contributed by atoms with Gasteiger partial charge in [-0.2, -0.15) is 0 Å². The molecule has 0 saturated carbocycles. The molecule has 2 aromatic rings. The van der Waals surface area contributed by atoms with Crippen LogP contribution >= 0.6 is 11.6 Å². The molecule has 0 bridgehead atoms. The van der Waals surface area contributed by atoms with Crippen LogP contribution in [0.1, 0.15) is 41.8 Å². The van der Waals surface area contributed by atoms with Crippen molar-refractivity contribution in [3.8, 4) is 11.5 Å². The Morgan fingerprint density at radius 1 is 1.19 bits per heavy atom. The van der Waals surface area contributed by atoms with E-state index in [0.717, 1.165) is 17.5 Å². The third-order valence-corrected chi connectivity index (χ3v) is 4.48. The van der Waals surface area contributed by atoms with Crippen molar-refractivity contribution in [1.29, 1.82) is 0 Å². The van der Waals surface area contributed by atoms with Gasteiger partial charge in [-0.15, -0.1) is 0 Å². The molecule has 2 aromatic carbocycles. The first-order valence-electron chi connectivity index (χ1n) is 9.10. The third-order valence-electron chi connectivity index (χ3n) is 4.19. The van der Waals surface area contributed by atoms with Crippen molar-refractivity contribution in [1.82, 2.24) is 5.32 Å². The Hall–Kier alpha value is -2.24. The molecule has 0 aliphatic carbocycles. The highest BCUT2D eigenvalue weighted by Gasteiger charge is 2.18. The predicted molar refractivity (Wildman–Crippen MR) is 105 cm³/mol. The molecule has 0 fully saturated rings. The number of hydrogen-bond acceptors (Lipinski definition) is 4. The van der Waals surface area contributed by atoms with Gasteiger partial charge in [0.15, 0.2) is 11.5 Å². The van der Waals surface area contributed by atoms with E-state index < -0.39 is 0 Å². The van der Waals surface area contributed by atoms with Gasteiger partial charge in [0.1, 0.15) is 0 Å². The largest absolute Gasteiger partial charge is 0.489 e. The van der Waals surface area contributed by atoms with Gasteiger partial charge in [0.25, 0.3) is 5.91 Å². The standard InChI is InChI=1S/C21H24ClNO4/c1-14(2)27-13-16-7-4-3-6-15(16)12-23-21(24)17-10-18(22)20-19(11-17)25-8-5-9-26-20/h3-4,6-7,10-11,14H,5,8-9,12-13H2,1-2H3,(H,23,24). The quantitative estimate of drug-likeness (QED) is 0.797. The molecule has 1 heterocycles. The first-order chi connectivity index (χ1) is 13.0. The number of carbonyl (C=O) groups excluding carboxylic acids is 1. The van der Waals surface area contributed by atoms with Crippen molar-refractivity contribution in [2.75, 3.05) is 13.2 Å². The van der Waals surface area contributed by atoms with Gasteiger partial charge in [-0.25, -0.2) is 0 Å². The zero-order valence-electron chi connectivity index (χ0n) is 15.6. The summed E-state index contributed by atoms with van der Waals surface area (Å²) in [6.45, 7) is 6.00. The number of fused-ring (bicyclic) bond motifs is 1. The maximum Gasteiger partial charge on any atom is 0.251 e. The summed E-state index contributed by atoms with van der Waals surface area (Å²) in [5, 5.41) is 3.32. The van der Waals surface area contributed by atoms with Crippen LogP contribution in [0, 0.1) is 0 Å². The van der Waals surface area contributed by atoms with Crippen LogP contribution in [0.15, 0.2) is 36.4 Å². The van der Waals surface area contributed by atoms with Gasteiger partial charge in [0, 0.05) is 18.5 Å². The van der Waals surface area contributed by atoms with Crippen molar-refractivity contribution < 1.29 is 19.0 Å². The van der Waals surface area contributed by atoms with Crippen LogP contribution in [0.2, 0.25) is 5.02 Å². The number of halogens is 1. The van der Waals surface area contributed by atoms with E-state index in [1.807, 2.05) is 38.1 Å². The number of amides is 1. The van der Waals surface area contributed by atoms with E-state index in [9.17, 15) is 4.79 Å². The van der Waals surface area contributed by atoms with Crippen LogP contribution in [0.3, 0.4) is 0 Å². The molecule has 3 rings (SSSR count). The smallest absolute Gasteiger partial charge is 0.251 e. The average Bonchev–Trinajstić information content (AvgIpc) is 2.91. The minimum absolute atomic E-state index is 0.150. The fourth-order valence-corrected chi connectivity index (χ4v) is 3.03. The summed E-state index contributed by atoms with van der Waals surface area (Å²) < 4.78 is 16.9. The molecule has 27 heavy (non-hydrogen) atoms. The lowest BCUT2D eigenvalue weighted by molar-refractivity contribution is 0.0651. The number of benzene rings is 2. The van der Waals surface area contributed by atoms with Gasteiger partial charge in [0.05, 0.1) is 30.9 Å². The number of carbonyl (C=O) groups is 1. The Bertz CT molecular complexity index is 807. The molecule has 1 N–H and O–H groups in total. The van der Waals surface area contributed by atoms with E-state index in [0.29, 0.717) is 48.5 Å². The lowest BCUT2D eigenvalue weighted by atomic mass is 10.1. The van der Waals surface area contributed by atoms with Crippen LogP contribution in [0.5, 0.6) is 11.5 Å². The summed E-state index contributed by atoms with van der Waals surface area (Å²) >= 11 is 6.28. The van der Waals surface area contributed by atoms with Crippen LogP contribution < -0.4 is 14.8 Å². The Morgan fingerprint density at radius 3 is 2.70 bits per heavy atom. The van der Waals surface area contributed by atoms with Gasteiger partial charge >= 0.3 is 0 Å². The second-order valence-electron chi connectivity index (χ2n) is 6.65. The molecule has 1 amide bonds. The predicted octanol–water partition coefficient (Wildman–Crippen LogP) is 4.36. The normalized spacial score (nSPS) is 13.3. The molecule has 1 aliphatic rings. The van der Waals surface area contributed by atoms with Gasteiger partial charge in [-0.3, -0.25) is 4.79 Å². The minimum Gasteiger partial charge on any atom is -0.489 e. The Morgan fingerprint density at radius 2 is 1.93 bits per heavy atom. The molecule has 0 radical (unpaired) electrons. The maximum absolute atomic E-state index is 12.6. The second-order valence-corrected chi connectivity index (χ2v) is 7.05. The summed E-state index contributed by atoms with van der Waals surface area (Å²) in [5.74, 6) is 0.796. The average molecular weight is 390 g/mol. The Kier molecular flexibility index (Phi) is 6.58. The van der Waals surface area contributed by atoms with Crippen molar-refractivity contribution in [3.05, 3.63) is 58.1 Å². The second kappa shape index (κ2) is 9.11. The minimum atomic E-state index is -0.216. The fraction of sp³-hybridized carbons (Fsp3) is 0.381. The molecule has 0 aromatic heterocycles. The van der Waals surface area contributed by atoms with Gasteiger partial charge < -0.3 is 19.5 Å². The van der Waals surface area contributed by atoms with Crippen molar-refractivity contribution in [2.45, 2.75) is 39.5 Å². The van der Waals surface area contributed by atoms with Crippen molar-refractivity contribution in [3.63, 3.8) is 0 Å². The van der Waals surface area contributed by atoms with Gasteiger partial charge in [-0.1, -0.05) is 35.9 Å². The third kappa shape index (κ3) is 5.15. The number of ether oxygens (including phenoxy) is 3. The lowest BCUT2D eigenvalue weighted by Gasteiger charge is -2.14. The summed E-state index contributed by atoms with van der Waals surface area (Å²) in [6, 6.07) is 11.2. The fourth-order valence-electron chi connectivity index (χ4n) is 2.77. The zero-order chi connectivity index (χ0) is 19.2. The first-order valence-corrected chi connectivity index (χ1v) is 9.48. The Labute approximate surface area is 164 Å². The monoisotopic (exact) mass is 389 g/mol. The molecular weight excluding hydrogens is 366 g/mol. The molecule has 5 nitrogen and oxygen atoms in total. The molecule has 0 saturated heterocycles. The van der Waals surface area contributed by atoms with Gasteiger partial charge in [0.2, 0.25) is 0 Å². The van der Waals surface area contributed by atoms with Crippen LogP contribution in [0.25, 0.3) is 0 Å². The van der Waals surface area contributed by atoms with Crippen LogP contribution in [-0.4, -0.2) is 25.2 Å². The molecule has 1 aliphatic heterocycles. The number of hydrogen-bond donors (Lipinski definition) is 1. The zero-order valence-corrected chi connectivity index (χ0v) is 16.3. The number of rotatable bonds is 6. The number of nitrogens with one attached hydrogen (secondary N) is 1. The topological polar surface area (TPSA) is 56.8 Å². The summed E-state index contributed by atoms with van der Waals surface area (Å²) in [7, 11) is 0. The lowest BCUT2D eigenvalue weighted by Crippen LogP contribution is -2.23. The molecule has 0 spiro atoms. The van der Waals surface area contributed by atoms with Crippen molar-refractivity contribution >= 4 is 17.5 Å². The molecule has 144 valence electrons. The van der Waals surface area contributed by atoms with E-state index in [2.05, 4.69) is 5.32 Å². The first kappa shape index (κ1) is 19.5. The molecule has 0 atom stereocenters. The van der Waals surface area contributed by atoms with Crippen LogP contribution in [0.4, 0.5) is 0 Å². The molecule has 0 unspecified atom stereocenters. The SMILES string of the molecule is CC(C)OCc1ccccc1CNC(=O)c1cc(Cl)c2c(c1)OCCCO2. The molecular formula is C21H24ClNO4. The summed E-state index contributed by atoms with van der Waals surface area (Å²) in [5.41, 5.74) is 2.52. The highest BCUT2D eigenvalue weighted by Crippen LogP contribution is 2.38. The van der Waals surface area contributed by atoms with E-state index in [1.54, 1.807) is 12.1 Å². The van der Waals surface area contributed by atoms with E-state index in [-0.39, 0.29) is 12.0 Å². The highest BCUT2D eigenvalue weighted by molar-refractivity contribution is 6.32. The van der Waals surface area contributed by atoms with E-state index >= 15 is 0 Å². The summed E-state index contributed by atoms with van der Waals surface area (Å²) in [4.78, 5) is 12.6. The van der Waals surface area contributed by atoms with Gasteiger partial charge in [-0.05, 0) is 37.1 Å².